The number of aryl methyl sites for hydroxylation is 2. The normalized spacial score (nSPS) is 11.7. The smallest absolute Gasteiger partial charge is 0.259 e. The van der Waals surface area contributed by atoms with Gasteiger partial charge in [-0.2, -0.15) is 0 Å². The van der Waals surface area contributed by atoms with Gasteiger partial charge in [0.05, 0.1) is 5.69 Å². The number of aromatic nitrogens is 1. The number of pyridine rings is 1. The van der Waals surface area contributed by atoms with E-state index < -0.39 is 0 Å². The monoisotopic (exact) mass is 284 g/mol. The van der Waals surface area contributed by atoms with Crippen molar-refractivity contribution in [2.24, 2.45) is 5.73 Å². The molecule has 0 spiro atoms. The molecule has 2 rings (SSSR count). The average molecular weight is 284 g/mol. The summed E-state index contributed by atoms with van der Waals surface area (Å²) in [6, 6.07) is 10.0. The van der Waals surface area contributed by atoms with Crippen LogP contribution in [0, 0.1) is 13.8 Å². The zero-order chi connectivity index (χ0) is 15.8. The Morgan fingerprint density at radius 2 is 1.76 bits per heavy atom. The van der Waals surface area contributed by atoms with Crippen molar-refractivity contribution in [1.29, 1.82) is 0 Å². The minimum atomic E-state index is -0.121. The Bertz CT molecular complexity index is 721. The fourth-order valence-electron chi connectivity index (χ4n) is 2.61. The predicted octanol–water partition coefficient (Wildman–Crippen LogP) is 3.21. The van der Waals surface area contributed by atoms with E-state index >= 15 is 0 Å². The van der Waals surface area contributed by atoms with E-state index in [1.807, 2.05) is 35.8 Å². The molecule has 0 unspecified atom stereocenters. The molecule has 0 aliphatic carbocycles. The molecule has 0 fully saturated rings. The highest BCUT2D eigenvalue weighted by atomic mass is 16.1. The maximum atomic E-state index is 12.8. The molecule has 3 nitrogen and oxygen atoms in total. The summed E-state index contributed by atoms with van der Waals surface area (Å²) in [5, 5.41) is 0. The summed E-state index contributed by atoms with van der Waals surface area (Å²) in [6.45, 7) is 10.7. The van der Waals surface area contributed by atoms with Crippen LogP contribution in [0.2, 0.25) is 0 Å². The number of hydrogen-bond donors (Lipinski definition) is 1. The van der Waals surface area contributed by atoms with E-state index in [0.29, 0.717) is 5.56 Å². The minimum Gasteiger partial charge on any atom is -0.326 e. The highest BCUT2D eigenvalue weighted by Crippen LogP contribution is 2.25. The Kier molecular flexibility index (Phi) is 4.06. The van der Waals surface area contributed by atoms with Crippen molar-refractivity contribution in [3.8, 4) is 5.69 Å². The SMILES string of the molecule is Cc1ccc(-n2c(C(C)(C)C)ccc(CN)c2=O)c(C)c1. The van der Waals surface area contributed by atoms with Crippen LogP contribution in [0.5, 0.6) is 0 Å². The first-order valence-electron chi connectivity index (χ1n) is 7.29. The van der Waals surface area contributed by atoms with Crippen LogP contribution in [0.25, 0.3) is 5.69 Å². The molecule has 0 bridgehead atoms. The van der Waals surface area contributed by atoms with Crippen molar-refractivity contribution in [3.63, 3.8) is 0 Å². The van der Waals surface area contributed by atoms with Gasteiger partial charge in [0, 0.05) is 23.2 Å². The molecule has 1 aromatic carbocycles. The average Bonchev–Trinajstić information content (AvgIpc) is 2.38. The van der Waals surface area contributed by atoms with Crippen molar-refractivity contribution in [2.75, 3.05) is 0 Å². The van der Waals surface area contributed by atoms with E-state index in [9.17, 15) is 4.79 Å². The third-order valence-electron chi connectivity index (χ3n) is 3.74. The third-order valence-corrected chi connectivity index (χ3v) is 3.74. The zero-order valence-corrected chi connectivity index (χ0v) is 13.5. The molecule has 0 aliphatic heterocycles. The summed E-state index contributed by atoms with van der Waals surface area (Å²) < 4.78 is 1.82. The Hall–Kier alpha value is -1.87. The van der Waals surface area contributed by atoms with E-state index in [4.69, 9.17) is 5.73 Å². The first-order chi connectivity index (χ1) is 9.75. The molecule has 0 saturated heterocycles. The molecule has 2 aromatic rings. The lowest BCUT2D eigenvalue weighted by molar-refractivity contribution is 0.545. The van der Waals surface area contributed by atoms with Gasteiger partial charge in [0.25, 0.3) is 5.56 Å². The number of nitrogens with two attached hydrogens (primary N) is 1. The van der Waals surface area contributed by atoms with Crippen LogP contribution >= 0.6 is 0 Å². The molecule has 2 N–H and O–H groups in total. The summed E-state index contributed by atoms with van der Waals surface area (Å²) in [4.78, 5) is 12.8. The standard InChI is InChI=1S/C18H24N2O/c1-12-6-8-15(13(2)10-12)20-16(18(3,4)5)9-7-14(11-19)17(20)21/h6-10H,11,19H2,1-5H3. The van der Waals surface area contributed by atoms with Crippen molar-refractivity contribution < 1.29 is 0 Å². The van der Waals surface area contributed by atoms with Gasteiger partial charge in [0.1, 0.15) is 0 Å². The second kappa shape index (κ2) is 5.49. The molecule has 112 valence electrons. The third kappa shape index (κ3) is 2.93. The Labute approximate surface area is 126 Å². The first-order valence-corrected chi connectivity index (χ1v) is 7.29. The molecule has 0 amide bonds. The largest absolute Gasteiger partial charge is 0.326 e. The molecule has 21 heavy (non-hydrogen) atoms. The molecule has 1 aromatic heterocycles. The first kappa shape index (κ1) is 15.5. The van der Waals surface area contributed by atoms with Crippen LogP contribution in [0.15, 0.2) is 35.1 Å². The van der Waals surface area contributed by atoms with Crippen molar-refractivity contribution in [1.82, 2.24) is 4.57 Å². The summed E-state index contributed by atoms with van der Waals surface area (Å²) in [7, 11) is 0. The summed E-state index contributed by atoms with van der Waals surface area (Å²) >= 11 is 0. The second-order valence-electron chi connectivity index (χ2n) is 6.63. The Morgan fingerprint density at radius 1 is 1.10 bits per heavy atom. The van der Waals surface area contributed by atoms with Crippen LogP contribution in [-0.4, -0.2) is 4.57 Å². The van der Waals surface area contributed by atoms with E-state index in [1.165, 1.54) is 5.56 Å². The molecular weight excluding hydrogens is 260 g/mol. The van der Waals surface area contributed by atoms with Gasteiger partial charge in [-0.1, -0.05) is 44.5 Å². The highest BCUT2D eigenvalue weighted by molar-refractivity contribution is 5.45. The van der Waals surface area contributed by atoms with Gasteiger partial charge in [-0.3, -0.25) is 9.36 Å². The lowest BCUT2D eigenvalue weighted by Gasteiger charge is -2.25. The van der Waals surface area contributed by atoms with Crippen LogP contribution in [-0.2, 0) is 12.0 Å². The minimum absolute atomic E-state index is 0.0168. The van der Waals surface area contributed by atoms with Gasteiger partial charge in [-0.25, -0.2) is 0 Å². The molecule has 0 atom stereocenters. The molecule has 0 aliphatic rings. The number of rotatable bonds is 2. The van der Waals surface area contributed by atoms with Gasteiger partial charge in [0.2, 0.25) is 0 Å². The van der Waals surface area contributed by atoms with Gasteiger partial charge in [0.15, 0.2) is 0 Å². The maximum Gasteiger partial charge on any atom is 0.259 e. The fraction of sp³-hybridized carbons (Fsp3) is 0.389. The fourth-order valence-corrected chi connectivity index (χ4v) is 2.61. The van der Waals surface area contributed by atoms with E-state index in [1.54, 1.807) is 0 Å². The van der Waals surface area contributed by atoms with E-state index in [-0.39, 0.29) is 17.5 Å². The lowest BCUT2D eigenvalue weighted by atomic mass is 9.90. The highest BCUT2D eigenvalue weighted by Gasteiger charge is 2.21. The Morgan fingerprint density at radius 3 is 2.29 bits per heavy atom. The molecular formula is C18H24N2O. The zero-order valence-electron chi connectivity index (χ0n) is 13.5. The summed E-state index contributed by atoms with van der Waals surface area (Å²) in [5.74, 6) is 0. The maximum absolute atomic E-state index is 12.8. The van der Waals surface area contributed by atoms with Gasteiger partial charge in [-0.05, 0) is 31.5 Å². The number of hydrogen-bond acceptors (Lipinski definition) is 2. The number of nitrogens with zero attached hydrogens (tertiary/aromatic N) is 1. The molecule has 3 heteroatoms. The molecule has 0 saturated carbocycles. The van der Waals surface area contributed by atoms with Crippen LogP contribution < -0.4 is 11.3 Å². The van der Waals surface area contributed by atoms with Gasteiger partial charge >= 0.3 is 0 Å². The van der Waals surface area contributed by atoms with E-state index in [0.717, 1.165) is 16.9 Å². The van der Waals surface area contributed by atoms with Crippen molar-refractivity contribution in [3.05, 3.63) is 63.1 Å². The second-order valence-corrected chi connectivity index (χ2v) is 6.63. The van der Waals surface area contributed by atoms with Crippen LogP contribution in [0.1, 0.15) is 43.2 Å². The van der Waals surface area contributed by atoms with Crippen LogP contribution in [0.3, 0.4) is 0 Å². The van der Waals surface area contributed by atoms with E-state index in [2.05, 4.69) is 33.8 Å². The van der Waals surface area contributed by atoms with Gasteiger partial charge in [-0.15, -0.1) is 0 Å². The predicted molar refractivity (Wildman–Crippen MR) is 88.1 cm³/mol. The summed E-state index contributed by atoms with van der Waals surface area (Å²) in [6.07, 6.45) is 0. The lowest BCUT2D eigenvalue weighted by Crippen LogP contribution is -2.31. The topological polar surface area (TPSA) is 48.0 Å². The van der Waals surface area contributed by atoms with Crippen molar-refractivity contribution in [2.45, 2.75) is 46.6 Å². The van der Waals surface area contributed by atoms with Crippen LogP contribution in [0.4, 0.5) is 0 Å². The van der Waals surface area contributed by atoms with Gasteiger partial charge < -0.3 is 5.73 Å². The number of benzene rings is 1. The summed E-state index contributed by atoms with van der Waals surface area (Å²) in [5.41, 5.74) is 10.4. The quantitative estimate of drug-likeness (QED) is 0.920. The molecule has 0 radical (unpaired) electrons. The molecule has 1 heterocycles. The van der Waals surface area contributed by atoms with Crippen molar-refractivity contribution >= 4 is 0 Å². The Balaban J connectivity index is 2.85.